The first-order valence-corrected chi connectivity index (χ1v) is 12.8. The summed E-state index contributed by atoms with van der Waals surface area (Å²) < 4.78 is 32.8. The molecule has 1 aliphatic heterocycles. The number of benzene rings is 1. The van der Waals surface area contributed by atoms with Crippen molar-refractivity contribution in [2.45, 2.75) is 44.9 Å². The van der Waals surface area contributed by atoms with Gasteiger partial charge in [-0.2, -0.15) is 0 Å². The molecule has 0 spiro atoms. The highest BCUT2D eigenvalue weighted by atomic mass is 32.2. The Labute approximate surface area is 196 Å². The molecular formula is C23H33N5O4S. The molecule has 1 saturated heterocycles. The molecule has 180 valence electrons. The highest BCUT2D eigenvalue weighted by Crippen LogP contribution is 2.19. The summed E-state index contributed by atoms with van der Waals surface area (Å²) in [6.07, 6.45) is 0.111. The van der Waals surface area contributed by atoms with Crippen molar-refractivity contribution >= 4 is 21.7 Å². The van der Waals surface area contributed by atoms with Crippen LogP contribution in [0.1, 0.15) is 44.6 Å². The molecule has 10 heteroatoms. The van der Waals surface area contributed by atoms with Gasteiger partial charge in [-0.25, -0.2) is 23.1 Å². The largest absolute Gasteiger partial charge is 0.494 e. The molecule has 1 aromatic heterocycles. The summed E-state index contributed by atoms with van der Waals surface area (Å²) in [5.41, 5.74) is 0.932. The van der Waals surface area contributed by atoms with Gasteiger partial charge in [-0.1, -0.05) is 13.8 Å². The topological polar surface area (TPSA) is 105 Å². The summed E-state index contributed by atoms with van der Waals surface area (Å²) in [6.45, 7) is 11.0. The van der Waals surface area contributed by atoms with E-state index in [2.05, 4.69) is 33.4 Å². The Bertz CT molecular complexity index is 1050. The first-order valence-electron chi connectivity index (χ1n) is 11.3. The average Bonchev–Trinajstić information content (AvgIpc) is 2.79. The number of nitrogens with zero attached hydrogens (tertiary/aromatic N) is 4. The molecule has 33 heavy (non-hydrogen) atoms. The lowest BCUT2D eigenvalue weighted by molar-refractivity contribution is -0.131. The Morgan fingerprint density at radius 3 is 2.39 bits per heavy atom. The number of anilines is 1. The quantitative estimate of drug-likeness (QED) is 0.593. The van der Waals surface area contributed by atoms with Gasteiger partial charge in [0.05, 0.1) is 11.5 Å². The fourth-order valence-corrected chi connectivity index (χ4v) is 4.63. The van der Waals surface area contributed by atoms with Crippen LogP contribution >= 0.6 is 0 Å². The van der Waals surface area contributed by atoms with E-state index in [0.717, 1.165) is 17.3 Å². The van der Waals surface area contributed by atoms with E-state index < -0.39 is 10.0 Å². The number of hydrogen-bond donors (Lipinski definition) is 1. The molecular weight excluding hydrogens is 442 g/mol. The standard InChI is InChI=1S/C23H33N5O4S/c1-5-32-19-6-8-20(9-7-19)33(30,31)24-11-10-22(29)28-14-12-27(13-15-28)21-16-18(4)25-23(26-21)17(2)3/h6-9,16-17,24H,5,10-15H2,1-4H3. The first kappa shape index (κ1) is 24.9. The highest BCUT2D eigenvalue weighted by Gasteiger charge is 2.23. The van der Waals surface area contributed by atoms with E-state index >= 15 is 0 Å². The van der Waals surface area contributed by atoms with Crippen LogP contribution in [-0.2, 0) is 14.8 Å². The number of aryl methyl sites for hydroxylation is 1. The molecule has 0 radical (unpaired) electrons. The second kappa shape index (κ2) is 10.9. The molecule has 1 amide bonds. The van der Waals surface area contributed by atoms with Crippen LogP contribution in [0.15, 0.2) is 35.2 Å². The van der Waals surface area contributed by atoms with Crippen molar-refractivity contribution in [2.24, 2.45) is 0 Å². The monoisotopic (exact) mass is 475 g/mol. The Morgan fingerprint density at radius 1 is 1.12 bits per heavy atom. The van der Waals surface area contributed by atoms with E-state index in [-0.39, 0.29) is 29.7 Å². The third-order valence-electron chi connectivity index (χ3n) is 5.41. The molecule has 2 aromatic rings. The van der Waals surface area contributed by atoms with Crippen LogP contribution in [0.5, 0.6) is 5.75 Å². The molecule has 1 aliphatic rings. The maximum Gasteiger partial charge on any atom is 0.240 e. The van der Waals surface area contributed by atoms with E-state index in [1.165, 1.54) is 12.1 Å². The second-order valence-electron chi connectivity index (χ2n) is 8.30. The van der Waals surface area contributed by atoms with Crippen molar-refractivity contribution in [1.82, 2.24) is 19.6 Å². The first-order chi connectivity index (χ1) is 15.7. The summed E-state index contributed by atoms with van der Waals surface area (Å²) in [4.78, 5) is 25.9. The summed E-state index contributed by atoms with van der Waals surface area (Å²) in [7, 11) is -3.68. The Hall–Kier alpha value is -2.72. The van der Waals surface area contributed by atoms with Gasteiger partial charge in [-0.05, 0) is 38.1 Å². The molecule has 0 bridgehead atoms. The van der Waals surface area contributed by atoms with Gasteiger partial charge in [-0.15, -0.1) is 0 Å². The predicted octanol–water partition coefficient (Wildman–Crippen LogP) is 2.32. The second-order valence-corrected chi connectivity index (χ2v) is 10.1. The maximum absolute atomic E-state index is 12.6. The molecule has 3 rings (SSSR count). The molecule has 1 N–H and O–H groups in total. The fourth-order valence-electron chi connectivity index (χ4n) is 3.60. The van der Waals surface area contributed by atoms with Crippen molar-refractivity contribution in [3.05, 3.63) is 41.9 Å². The minimum Gasteiger partial charge on any atom is -0.494 e. The smallest absolute Gasteiger partial charge is 0.240 e. The van der Waals surface area contributed by atoms with E-state index in [0.29, 0.717) is 38.5 Å². The zero-order valence-electron chi connectivity index (χ0n) is 19.7. The predicted molar refractivity (Wildman–Crippen MR) is 127 cm³/mol. The molecule has 0 unspecified atom stereocenters. The van der Waals surface area contributed by atoms with Crippen LogP contribution in [0.3, 0.4) is 0 Å². The van der Waals surface area contributed by atoms with Gasteiger partial charge in [0, 0.05) is 56.8 Å². The SMILES string of the molecule is CCOc1ccc(S(=O)(=O)NCCC(=O)N2CCN(c3cc(C)nc(C(C)C)n3)CC2)cc1. The van der Waals surface area contributed by atoms with Gasteiger partial charge in [0.1, 0.15) is 17.4 Å². The van der Waals surface area contributed by atoms with E-state index in [1.54, 1.807) is 17.0 Å². The molecule has 1 fully saturated rings. The number of nitrogens with one attached hydrogen (secondary N) is 1. The summed E-state index contributed by atoms with van der Waals surface area (Å²) in [5.74, 6) is 2.51. The number of carbonyl (C=O) groups excluding carboxylic acids is 1. The van der Waals surface area contributed by atoms with Gasteiger partial charge in [0.15, 0.2) is 0 Å². The minimum absolute atomic E-state index is 0.0530. The number of rotatable bonds is 9. The van der Waals surface area contributed by atoms with Crippen molar-refractivity contribution in [3.63, 3.8) is 0 Å². The van der Waals surface area contributed by atoms with Gasteiger partial charge in [-0.3, -0.25) is 4.79 Å². The van der Waals surface area contributed by atoms with Crippen LogP contribution in [0.2, 0.25) is 0 Å². The number of piperazine rings is 1. The lowest BCUT2D eigenvalue weighted by Crippen LogP contribution is -2.49. The van der Waals surface area contributed by atoms with Crippen LogP contribution < -0.4 is 14.4 Å². The summed E-state index contributed by atoms with van der Waals surface area (Å²) in [6, 6.07) is 8.19. The van der Waals surface area contributed by atoms with Gasteiger partial charge < -0.3 is 14.5 Å². The van der Waals surface area contributed by atoms with Crippen molar-refractivity contribution in [2.75, 3.05) is 44.2 Å². The average molecular weight is 476 g/mol. The van der Waals surface area contributed by atoms with E-state index in [1.807, 2.05) is 19.9 Å². The maximum atomic E-state index is 12.6. The molecule has 0 atom stereocenters. The van der Waals surface area contributed by atoms with Gasteiger partial charge in [0.2, 0.25) is 15.9 Å². The molecule has 2 heterocycles. The summed E-state index contributed by atoms with van der Waals surface area (Å²) >= 11 is 0. The number of amides is 1. The Kier molecular flexibility index (Phi) is 8.25. The number of carbonyl (C=O) groups is 1. The third kappa shape index (κ3) is 6.64. The van der Waals surface area contributed by atoms with Gasteiger partial charge >= 0.3 is 0 Å². The lowest BCUT2D eigenvalue weighted by Gasteiger charge is -2.35. The van der Waals surface area contributed by atoms with Crippen LogP contribution in [0.25, 0.3) is 0 Å². The van der Waals surface area contributed by atoms with E-state index in [4.69, 9.17) is 4.74 Å². The van der Waals surface area contributed by atoms with Crippen molar-refractivity contribution in [3.8, 4) is 5.75 Å². The highest BCUT2D eigenvalue weighted by molar-refractivity contribution is 7.89. The van der Waals surface area contributed by atoms with Crippen molar-refractivity contribution in [1.29, 1.82) is 0 Å². The number of sulfonamides is 1. The Morgan fingerprint density at radius 2 is 1.79 bits per heavy atom. The minimum atomic E-state index is -3.68. The van der Waals surface area contributed by atoms with Crippen LogP contribution in [-0.4, -0.2) is 68.5 Å². The molecule has 1 aromatic carbocycles. The Balaban J connectivity index is 1.48. The fraction of sp³-hybridized carbons (Fsp3) is 0.522. The molecule has 0 saturated carbocycles. The number of hydrogen-bond acceptors (Lipinski definition) is 7. The lowest BCUT2D eigenvalue weighted by atomic mass is 10.2. The third-order valence-corrected chi connectivity index (χ3v) is 6.88. The normalized spacial score (nSPS) is 14.6. The van der Waals surface area contributed by atoms with Crippen LogP contribution in [0.4, 0.5) is 5.82 Å². The van der Waals surface area contributed by atoms with Crippen molar-refractivity contribution < 1.29 is 17.9 Å². The molecule has 0 aliphatic carbocycles. The molecule has 9 nitrogen and oxygen atoms in total. The van der Waals surface area contributed by atoms with Gasteiger partial charge in [0.25, 0.3) is 0 Å². The zero-order chi connectivity index (χ0) is 24.0. The van der Waals surface area contributed by atoms with Crippen LogP contribution in [0, 0.1) is 6.92 Å². The number of aromatic nitrogens is 2. The zero-order valence-corrected chi connectivity index (χ0v) is 20.6. The number of ether oxygens (including phenoxy) is 1. The summed E-state index contributed by atoms with van der Waals surface area (Å²) in [5, 5.41) is 0. The van der Waals surface area contributed by atoms with E-state index in [9.17, 15) is 13.2 Å².